The van der Waals surface area contributed by atoms with Crippen molar-refractivity contribution in [1.29, 1.82) is 0 Å². The van der Waals surface area contributed by atoms with E-state index < -0.39 is 17.5 Å². The SMILES string of the molecule is CC(C)(C)OC(=O)Nc1cc(-n2cc(-c3ncccn3)cc(-c3ccccc3Br)c2=O)ccc1F. The predicted octanol–water partition coefficient (Wildman–Crippen LogP) is 6.21. The maximum Gasteiger partial charge on any atom is 0.412 e. The monoisotopic (exact) mass is 536 g/mol. The molecule has 7 nitrogen and oxygen atoms in total. The first kappa shape index (κ1) is 24.3. The van der Waals surface area contributed by atoms with E-state index in [9.17, 15) is 14.0 Å². The Balaban J connectivity index is 1.87. The molecule has 0 saturated carbocycles. The second kappa shape index (κ2) is 9.79. The molecule has 2 heterocycles. The van der Waals surface area contributed by atoms with Gasteiger partial charge in [-0.1, -0.05) is 34.1 Å². The van der Waals surface area contributed by atoms with Gasteiger partial charge in [0.25, 0.3) is 5.56 Å². The number of hydrogen-bond acceptors (Lipinski definition) is 5. The molecule has 4 rings (SSSR count). The number of pyridine rings is 1. The number of nitrogens with one attached hydrogen (secondary N) is 1. The summed E-state index contributed by atoms with van der Waals surface area (Å²) in [5, 5.41) is 2.41. The van der Waals surface area contributed by atoms with Crippen LogP contribution < -0.4 is 10.9 Å². The van der Waals surface area contributed by atoms with E-state index in [1.54, 1.807) is 51.5 Å². The fraction of sp³-hybridized carbons (Fsp3) is 0.154. The van der Waals surface area contributed by atoms with Gasteiger partial charge in [0.05, 0.1) is 11.4 Å². The number of nitrogens with zero attached hydrogens (tertiary/aromatic N) is 3. The number of rotatable bonds is 4. The fourth-order valence-corrected chi connectivity index (χ4v) is 3.89. The van der Waals surface area contributed by atoms with Crippen LogP contribution in [0.5, 0.6) is 0 Å². The molecule has 1 amide bonds. The van der Waals surface area contributed by atoms with Crippen molar-refractivity contribution in [3.05, 3.63) is 93.8 Å². The Morgan fingerprint density at radius 2 is 1.74 bits per heavy atom. The van der Waals surface area contributed by atoms with Crippen LogP contribution in [0, 0.1) is 5.82 Å². The normalized spacial score (nSPS) is 11.2. The first-order valence-electron chi connectivity index (χ1n) is 10.7. The van der Waals surface area contributed by atoms with E-state index in [0.29, 0.717) is 28.2 Å². The minimum absolute atomic E-state index is 0.118. The van der Waals surface area contributed by atoms with Gasteiger partial charge in [0.2, 0.25) is 0 Å². The van der Waals surface area contributed by atoms with Crippen LogP contribution in [0.3, 0.4) is 0 Å². The highest BCUT2D eigenvalue weighted by molar-refractivity contribution is 9.10. The summed E-state index contributed by atoms with van der Waals surface area (Å²) >= 11 is 3.51. The van der Waals surface area contributed by atoms with E-state index in [2.05, 4.69) is 31.2 Å². The lowest BCUT2D eigenvalue weighted by molar-refractivity contribution is 0.0635. The molecule has 4 aromatic rings. The van der Waals surface area contributed by atoms with Crippen LogP contribution in [0.1, 0.15) is 20.8 Å². The summed E-state index contributed by atoms with van der Waals surface area (Å²) in [4.78, 5) is 34.4. The van der Waals surface area contributed by atoms with E-state index in [4.69, 9.17) is 4.74 Å². The number of benzene rings is 2. The van der Waals surface area contributed by atoms with E-state index >= 15 is 0 Å². The second-order valence-corrected chi connectivity index (χ2v) is 9.52. The first-order valence-corrected chi connectivity index (χ1v) is 11.5. The molecule has 0 aliphatic carbocycles. The first-order chi connectivity index (χ1) is 16.6. The average molecular weight is 537 g/mol. The number of ether oxygens (including phenoxy) is 1. The molecule has 9 heteroatoms. The zero-order valence-corrected chi connectivity index (χ0v) is 20.8. The number of aromatic nitrogens is 3. The number of halogens is 2. The van der Waals surface area contributed by atoms with Gasteiger partial charge in [-0.05, 0) is 57.2 Å². The van der Waals surface area contributed by atoms with Crippen LogP contribution in [-0.4, -0.2) is 26.2 Å². The van der Waals surface area contributed by atoms with Crippen LogP contribution in [0.15, 0.2) is 82.5 Å². The largest absolute Gasteiger partial charge is 0.444 e. The van der Waals surface area contributed by atoms with Gasteiger partial charge in [0.15, 0.2) is 5.82 Å². The fourth-order valence-electron chi connectivity index (χ4n) is 3.39. The molecule has 0 spiro atoms. The van der Waals surface area contributed by atoms with Gasteiger partial charge in [-0.3, -0.25) is 14.7 Å². The minimum Gasteiger partial charge on any atom is -0.444 e. The van der Waals surface area contributed by atoms with E-state index in [-0.39, 0.29) is 11.2 Å². The molecule has 2 aromatic heterocycles. The van der Waals surface area contributed by atoms with Crippen molar-refractivity contribution < 1.29 is 13.9 Å². The van der Waals surface area contributed by atoms with Gasteiger partial charge in [-0.25, -0.2) is 19.2 Å². The summed E-state index contributed by atoms with van der Waals surface area (Å²) in [5.74, 6) is -0.245. The standard InChI is InChI=1S/C26H22BrFN4O3/c1-26(2,3)35-25(34)31-22-14-17(9-10-21(22)28)32-15-16(23-29-11-6-12-30-23)13-19(24(32)33)18-7-4-5-8-20(18)27/h4-15H,1-3H3,(H,31,34). The molecule has 0 saturated heterocycles. The highest BCUT2D eigenvalue weighted by Crippen LogP contribution is 2.29. The van der Waals surface area contributed by atoms with Gasteiger partial charge in [-0.2, -0.15) is 0 Å². The lowest BCUT2D eigenvalue weighted by Gasteiger charge is -2.20. The molecule has 0 aliphatic heterocycles. The summed E-state index contributed by atoms with van der Waals surface area (Å²) in [7, 11) is 0. The number of anilines is 1. The average Bonchev–Trinajstić information content (AvgIpc) is 2.81. The molecule has 0 radical (unpaired) electrons. The molecule has 2 aromatic carbocycles. The Morgan fingerprint density at radius 1 is 1.03 bits per heavy atom. The predicted molar refractivity (Wildman–Crippen MR) is 136 cm³/mol. The summed E-state index contributed by atoms with van der Waals surface area (Å²) in [6, 6.07) is 14.8. The maximum atomic E-state index is 14.5. The van der Waals surface area contributed by atoms with Crippen molar-refractivity contribution in [2.24, 2.45) is 0 Å². The zero-order chi connectivity index (χ0) is 25.2. The van der Waals surface area contributed by atoms with Crippen molar-refractivity contribution in [2.75, 3.05) is 5.32 Å². The quantitative estimate of drug-likeness (QED) is 0.335. The Morgan fingerprint density at radius 3 is 2.43 bits per heavy atom. The van der Waals surface area contributed by atoms with Crippen molar-refractivity contribution in [1.82, 2.24) is 14.5 Å². The number of hydrogen-bond donors (Lipinski definition) is 1. The third-order valence-electron chi connectivity index (χ3n) is 4.87. The summed E-state index contributed by atoms with van der Waals surface area (Å²) in [6.45, 7) is 5.12. The molecule has 0 fully saturated rings. The second-order valence-electron chi connectivity index (χ2n) is 8.66. The maximum absolute atomic E-state index is 14.5. The summed E-state index contributed by atoms with van der Waals surface area (Å²) in [6.07, 6.45) is 4.00. The number of amides is 1. The third kappa shape index (κ3) is 5.63. The number of carbonyl (C=O) groups is 1. The molecule has 0 unspecified atom stereocenters. The van der Waals surface area contributed by atoms with Crippen LogP contribution in [-0.2, 0) is 4.74 Å². The highest BCUT2D eigenvalue weighted by Gasteiger charge is 2.19. The van der Waals surface area contributed by atoms with Crippen LogP contribution >= 0.6 is 15.9 Å². The summed E-state index contributed by atoms with van der Waals surface area (Å²) in [5.41, 5.74) is 0.790. The Kier molecular flexibility index (Phi) is 6.79. The van der Waals surface area contributed by atoms with Crippen LogP contribution in [0.25, 0.3) is 28.2 Å². The molecular weight excluding hydrogens is 515 g/mol. The van der Waals surface area contributed by atoms with Crippen molar-refractivity contribution in [3.8, 4) is 28.2 Å². The van der Waals surface area contributed by atoms with Gasteiger partial charge in [-0.15, -0.1) is 0 Å². The lowest BCUT2D eigenvalue weighted by atomic mass is 10.0. The van der Waals surface area contributed by atoms with Crippen molar-refractivity contribution in [2.45, 2.75) is 26.4 Å². The zero-order valence-electron chi connectivity index (χ0n) is 19.3. The smallest absolute Gasteiger partial charge is 0.412 e. The van der Waals surface area contributed by atoms with E-state index in [1.807, 2.05) is 24.3 Å². The topological polar surface area (TPSA) is 86.1 Å². The Labute approximate surface area is 209 Å². The Bertz CT molecular complexity index is 1450. The Hall–Kier alpha value is -3.85. The van der Waals surface area contributed by atoms with E-state index in [0.717, 1.165) is 4.47 Å². The van der Waals surface area contributed by atoms with Crippen molar-refractivity contribution >= 4 is 27.7 Å². The molecule has 35 heavy (non-hydrogen) atoms. The van der Waals surface area contributed by atoms with Gasteiger partial charge in [0.1, 0.15) is 11.4 Å². The molecule has 0 bridgehead atoms. The van der Waals surface area contributed by atoms with Crippen molar-refractivity contribution in [3.63, 3.8) is 0 Å². The molecule has 178 valence electrons. The van der Waals surface area contributed by atoms with Crippen LogP contribution in [0.4, 0.5) is 14.9 Å². The van der Waals surface area contributed by atoms with Gasteiger partial charge in [0, 0.05) is 39.8 Å². The highest BCUT2D eigenvalue weighted by atomic mass is 79.9. The molecule has 1 N–H and O–H groups in total. The lowest BCUT2D eigenvalue weighted by Crippen LogP contribution is -2.27. The van der Waals surface area contributed by atoms with E-state index in [1.165, 1.54) is 22.8 Å². The third-order valence-corrected chi connectivity index (χ3v) is 5.56. The minimum atomic E-state index is -0.804. The number of carbonyl (C=O) groups excluding carboxylic acids is 1. The molecule has 0 aliphatic rings. The molecular formula is C26H22BrFN4O3. The van der Waals surface area contributed by atoms with Crippen LogP contribution in [0.2, 0.25) is 0 Å². The molecule has 0 atom stereocenters. The van der Waals surface area contributed by atoms with Gasteiger partial charge < -0.3 is 4.74 Å². The summed E-state index contributed by atoms with van der Waals surface area (Å²) < 4.78 is 21.9. The van der Waals surface area contributed by atoms with Gasteiger partial charge >= 0.3 is 6.09 Å².